The Hall–Kier alpha value is -1.24. The lowest BCUT2D eigenvalue weighted by Crippen LogP contribution is -2.28. The zero-order chi connectivity index (χ0) is 15.7. The molecule has 0 bridgehead atoms. The molecule has 0 N–H and O–H groups in total. The molecule has 2 fully saturated rings. The molecule has 2 heterocycles. The summed E-state index contributed by atoms with van der Waals surface area (Å²) in [5, 5.41) is 0. The monoisotopic (exact) mass is 376 g/mol. The smallest absolute Gasteiger partial charge is 0.222 e. The molecule has 2 aliphatic rings. The summed E-state index contributed by atoms with van der Waals surface area (Å²) in [5.74, 6) is -0.848. The van der Waals surface area contributed by atoms with Crippen LogP contribution in [0.4, 0.5) is 0 Å². The van der Waals surface area contributed by atoms with Crippen LogP contribution in [0.5, 0.6) is 0 Å². The zero-order valence-electron chi connectivity index (χ0n) is 12.5. The van der Waals surface area contributed by atoms with Gasteiger partial charge in [0.1, 0.15) is 0 Å². The highest BCUT2D eigenvalue weighted by Gasteiger charge is 2.41. The fourth-order valence-electron chi connectivity index (χ4n) is 3.03. The molecular weight excluding hydrogens is 360 g/mol. The minimum atomic E-state index is -0.848. The highest BCUT2D eigenvalue weighted by Crippen LogP contribution is 2.41. The van der Waals surface area contributed by atoms with E-state index in [0.29, 0.717) is 26.4 Å². The first-order valence-electron chi connectivity index (χ1n) is 7.66. The number of halogens is 1. The number of rotatable bonds is 3. The Kier molecular flexibility index (Phi) is 4.22. The molecule has 120 valence electrons. The highest BCUT2D eigenvalue weighted by atomic mass is 79.9. The standard InChI is InChI=1S/C18H17BrO4/c19-16-12-14(6-7-15(16)17-20-8-9-21-17)18(22-10-11-23-18)13-4-2-1-3-5-13/h1-7,12,17H,8-11H2. The van der Waals surface area contributed by atoms with E-state index in [1.54, 1.807) is 0 Å². The molecular formula is C18H17BrO4. The lowest BCUT2D eigenvalue weighted by molar-refractivity contribution is -0.130. The van der Waals surface area contributed by atoms with E-state index in [0.717, 1.165) is 21.2 Å². The molecule has 0 saturated carbocycles. The maximum absolute atomic E-state index is 6.03. The van der Waals surface area contributed by atoms with Gasteiger partial charge in [-0.2, -0.15) is 0 Å². The molecule has 2 aliphatic heterocycles. The zero-order valence-corrected chi connectivity index (χ0v) is 14.1. The van der Waals surface area contributed by atoms with Crippen LogP contribution < -0.4 is 0 Å². The lowest BCUT2D eigenvalue weighted by Gasteiger charge is -2.29. The van der Waals surface area contributed by atoms with Gasteiger partial charge in [-0.25, -0.2) is 0 Å². The van der Waals surface area contributed by atoms with Crippen molar-refractivity contribution in [3.63, 3.8) is 0 Å². The third kappa shape index (κ3) is 2.73. The van der Waals surface area contributed by atoms with Crippen LogP contribution in [0.25, 0.3) is 0 Å². The summed E-state index contributed by atoms with van der Waals surface area (Å²) < 4.78 is 24.1. The Balaban J connectivity index is 1.74. The molecule has 0 aliphatic carbocycles. The SMILES string of the molecule is Brc1cc(C2(c3ccccc3)OCCO2)ccc1C1OCCO1. The molecule has 2 saturated heterocycles. The predicted octanol–water partition coefficient (Wildman–Crippen LogP) is 3.74. The van der Waals surface area contributed by atoms with Crippen LogP contribution in [-0.4, -0.2) is 26.4 Å². The van der Waals surface area contributed by atoms with Crippen molar-refractivity contribution in [2.75, 3.05) is 26.4 Å². The van der Waals surface area contributed by atoms with E-state index in [4.69, 9.17) is 18.9 Å². The number of benzene rings is 2. The number of hydrogen-bond donors (Lipinski definition) is 0. The summed E-state index contributed by atoms with van der Waals surface area (Å²) in [5.41, 5.74) is 2.92. The molecule has 23 heavy (non-hydrogen) atoms. The van der Waals surface area contributed by atoms with Gasteiger partial charge in [0.15, 0.2) is 6.29 Å². The third-order valence-electron chi connectivity index (χ3n) is 4.10. The van der Waals surface area contributed by atoms with Gasteiger partial charge in [-0.05, 0) is 6.07 Å². The van der Waals surface area contributed by atoms with E-state index in [-0.39, 0.29) is 6.29 Å². The summed E-state index contributed by atoms with van der Waals surface area (Å²) in [6.07, 6.45) is -0.309. The summed E-state index contributed by atoms with van der Waals surface area (Å²) >= 11 is 3.63. The van der Waals surface area contributed by atoms with Gasteiger partial charge in [0.2, 0.25) is 5.79 Å². The van der Waals surface area contributed by atoms with Crippen molar-refractivity contribution in [2.24, 2.45) is 0 Å². The molecule has 2 aromatic rings. The first-order valence-corrected chi connectivity index (χ1v) is 8.45. The number of hydrogen-bond acceptors (Lipinski definition) is 4. The third-order valence-corrected chi connectivity index (χ3v) is 4.79. The first kappa shape index (κ1) is 15.3. The van der Waals surface area contributed by atoms with Crippen LogP contribution in [-0.2, 0) is 24.7 Å². The molecule has 0 spiro atoms. The van der Waals surface area contributed by atoms with Crippen molar-refractivity contribution in [1.82, 2.24) is 0 Å². The largest absolute Gasteiger partial charge is 0.346 e. The Morgan fingerprint density at radius 2 is 1.52 bits per heavy atom. The summed E-state index contributed by atoms with van der Waals surface area (Å²) in [4.78, 5) is 0. The van der Waals surface area contributed by atoms with E-state index in [2.05, 4.69) is 15.9 Å². The van der Waals surface area contributed by atoms with Gasteiger partial charge in [0.05, 0.1) is 26.4 Å². The van der Waals surface area contributed by atoms with Crippen LogP contribution >= 0.6 is 15.9 Å². The van der Waals surface area contributed by atoms with Crippen LogP contribution in [0.1, 0.15) is 23.0 Å². The van der Waals surface area contributed by atoms with Crippen LogP contribution in [0, 0.1) is 0 Å². The van der Waals surface area contributed by atoms with Gasteiger partial charge < -0.3 is 18.9 Å². The average Bonchev–Trinajstić information content (AvgIpc) is 3.28. The maximum atomic E-state index is 6.03. The van der Waals surface area contributed by atoms with Crippen LogP contribution in [0.3, 0.4) is 0 Å². The van der Waals surface area contributed by atoms with Gasteiger partial charge in [0, 0.05) is 21.2 Å². The second-order valence-electron chi connectivity index (χ2n) is 5.49. The Bertz CT molecular complexity index is 677. The highest BCUT2D eigenvalue weighted by molar-refractivity contribution is 9.10. The Morgan fingerprint density at radius 3 is 2.17 bits per heavy atom. The molecule has 4 rings (SSSR count). The molecule has 5 heteroatoms. The van der Waals surface area contributed by atoms with Gasteiger partial charge in [-0.15, -0.1) is 0 Å². The maximum Gasteiger partial charge on any atom is 0.222 e. The predicted molar refractivity (Wildman–Crippen MR) is 87.9 cm³/mol. The minimum absolute atomic E-state index is 0.309. The summed E-state index contributed by atoms with van der Waals surface area (Å²) in [7, 11) is 0. The van der Waals surface area contributed by atoms with Crippen molar-refractivity contribution < 1.29 is 18.9 Å². The van der Waals surface area contributed by atoms with Gasteiger partial charge in [0.25, 0.3) is 0 Å². The normalized spacial score (nSPS) is 20.9. The van der Waals surface area contributed by atoms with Crippen molar-refractivity contribution in [3.8, 4) is 0 Å². The molecule has 0 radical (unpaired) electrons. The van der Waals surface area contributed by atoms with Crippen LogP contribution in [0.2, 0.25) is 0 Å². The second-order valence-corrected chi connectivity index (χ2v) is 6.34. The molecule has 0 aromatic heterocycles. The summed E-state index contributed by atoms with van der Waals surface area (Å²) in [6.45, 7) is 2.39. The van der Waals surface area contributed by atoms with E-state index >= 15 is 0 Å². The van der Waals surface area contributed by atoms with E-state index in [1.807, 2.05) is 48.5 Å². The van der Waals surface area contributed by atoms with Crippen molar-refractivity contribution >= 4 is 15.9 Å². The van der Waals surface area contributed by atoms with Gasteiger partial charge >= 0.3 is 0 Å². The molecule has 0 atom stereocenters. The van der Waals surface area contributed by atoms with Crippen molar-refractivity contribution in [3.05, 3.63) is 69.7 Å². The molecule has 4 nitrogen and oxygen atoms in total. The minimum Gasteiger partial charge on any atom is -0.346 e. The Labute approximate surface area is 143 Å². The van der Waals surface area contributed by atoms with E-state index in [9.17, 15) is 0 Å². The lowest BCUT2D eigenvalue weighted by atomic mass is 9.96. The van der Waals surface area contributed by atoms with E-state index in [1.165, 1.54) is 0 Å². The fourth-order valence-corrected chi connectivity index (χ4v) is 3.60. The van der Waals surface area contributed by atoms with Gasteiger partial charge in [-0.1, -0.05) is 58.4 Å². The number of ether oxygens (including phenoxy) is 4. The topological polar surface area (TPSA) is 36.9 Å². The van der Waals surface area contributed by atoms with Gasteiger partial charge in [-0.3, -0.25) is 0 Å². The van der Waals surface area contributed by atoms with Crippen LogP contribution in [0.15, 0.2) is 53.0 Å². The van der Waals surface area contributed by atoms with Crippen molar-refractivity contribution in [2.45, 2.75) is 12.1 Å². The second kappa shape index (κ2) is 6.34. The summed E-state index contributed by atoms with van der Waals surface area (Å²) in [6, 6.07) is 16.1. The molecule has 0 amide bonds. The first-order chi connectivity index (χ1) is 11.3. The Morgan fingerprint density at radius 1 is 0.826 bits per heavy atom. The van der Waals surface area contributed by atoms with Crippen molar-refractivity contribution in [1.29, 1.82) is 0 Å². The average molecular weight is 377 g/mol. The molecule has 0 unspecified atom stereocenters. The fraction of sp³-hybridized carbons (Fsp3) is 0.333. The molecule has 2 aromatic carbocycles. The quantitative estimate of drug-likeness (QED) is 0.817. The van der Waals surface area contributed by atoms with E-state index < -0.39 is 5.79 Å².